The third-order valence-electron chi connectivity index (χ3n) is 6.38. The number of unbranched alkanes of at least 4 members (excludes halogenated alkanes) is 2. The summed E-state index contributed by atoms with van der Waals surface area (Å²) in [4.78, 5) is 0. The molecule has 0 saturated carbocycles. The van der Waals surface area contributed by atoms with Gasteiger partial charge < -0.3 is 4.74 Å². The van der Waals surface area contributed by atoms with E-state index in [1.54, 1.807) is 0 Å². The molecule has 1 aromatic carbocycles. The molecule has 1 aliphatic carbocycles. The van der Waals surface area contributed by atoms with Crippen LogP contribution < -0.4 is 4.74 Å². The molecule has 0 radical (unpaired) electrons. The number of allylic oxidation sites excluding steroid dienone is 3. The van der Waals surface area contributed by atoms with Crippen LogP contribution in [0.1, 0.15) is 102 Å². The predicted octanol–water partition coefficient (Wildman–Crippen LogP) is 7.96. The lowest BCUT2D eigenvalue weighted by Crippen LogP contribution is -2.20. The summed E-state index contributed by atoms with van der Waals surface area (Å²) < 4.78 is 5.99. The van der Waals surface area contributed by atoms with Gasteiger partial charge in [-0.3, -0.25) is 0 Å². The maximum absolute atomic E-state index is 5.99. The fraction of sp³-hybridized carbons (Fsp3) is 0.615. The van der Waals surface area contributed by atoms with E-state index in [0.29, 0.717) is 17.8 Å². The quantitative estimate of drug-likeness (QED) is 0.317. The van der Waals surface area contributed by atoms with Crippen molar-refractivity contribution in [2.75, 3.05) is 7.11 Å². The summed E-state index contributed by atoms with van der Waals surface area (Å²) in [7, 11) is 1.84. The van der Waals surface area contributed by atoms with Gasteiger partial charge in [0.2, 0.25) is 0 Å². The third-order valence-corrected chi connectivity index (χ3v) is 6.38. The Balaban J connectivity index is 2.58. The summed E-state index contributed by atoms with van der Waals surface area (Å²) in [6, 6.07) is 4.79. The van der Waals surface area contributed by atoms with Crippen molar-refractivity contribution in [1.82, 2.24) is 0 Å². The summed E-state index contributed by atoms with van der Waals surface area (Å²) >= 11 is 0. The van der Waals surface area contributed by atoms with Crippen molar-refractivity contribution in [3.8, 4) is 5.75 Å². The van der Waals surface area contributed by atoms with Gasteiger partial charge in [-0.1, -0.05) is 63.5 Å². The van der Waals surface area contributed by atoms with Gasteiger partial charge in [-0.15, -0.1) is 0 Å². The molecule has 0 spiro atoms. The van der Waals surface area contributed by atoms with Crippen LogP contribution in [0.3, 0.4) is 0 Å². The molecule has 3 atom stereocenters. The number of hydrogen-bond acceptors (Lipinski definition) is 1. The highest BCUT2D eigenvalue weighted by atomic mass is 16.5. The highest BCUT2D eigenvalue weighted by molar-refractivity contribution is 5.51. The zero-order chi connectivity index (χ0) is 20.0. The van der Waals surface area contributed by atoms with Crippen LogP contribution in [0.15, 0.2) is 35.9 Å². The largest absolute Gasteiger partial charge is 0.496 e. The second-order valence-corrected chi connectivity index (χ2v) is 8.60. The van der Waals surface area contributed by atoms with Crippen molar-refractivity contribution in [3.63, 3.8) is 0 Å². The zero-order valence-electron chi connectivity index (χ0n) is 18.5. The first-order valence-electron chi connectivity index (χ1n) is 11.0. The van der Waals surface area contributed by atoms with Crippen LogP contribution in [-0.4, -0.2) is 7.11 Å². The van der Waals surface area contributed by atoms with Crippen LogP contribution in [0.5, 0.6) is 5.75 Å². The molecular formula is C26H40O. The topological polar surface area (TPSA) is 9.23 Å². The van der Waals surface area contributed by atoms with Gasteiger partial charge in [-0.25, -0.2) is 0 Å². The molecule has 150 valence electrons. The van der Waals surface area contributed by atoms with Crippen molar-refractivity contribution in [2.24, 2.45) is 5.92 Å². The van der Waals surface area contributed by atoms with Crippen molar-refractivity contribution in [1.29, 1.82) is 0 Å². The SMILES string of the molecule is C=C(C)C1CCC(C)=CC1c1c(OC)cc(CCCCC)cc1C(C)CC. The third kappa shape index (κ3) is 5.27. The molecule has 1 heteroatoms. The van der Waals surface area contributed by atoms with Crippen LogP contribution in [0.25, 0.3) is 0 Å². The predicted molar refractivity (Wildman–Crippen MR) is 119 cm³/mol. The van der Waals surface area contributed by atoms with Crippen LogP contribution in [-0.2, 0) is 6.42 Å². The second-order valence-electron chi connectivity index (χ2n) is 8.60. The Bertz CT molecular complexity index is 667. The fourth-order valence-corrected chi connectivity index (χ4v) is 4.49. The second kappa shape index (κ2) is 10.2. The first kappa shape index (κ1) is 21.8. The van der Waals surface area contributed by atoms with Crippen LogP contribution in [0.2, 0.25) is 0 Å². The summed E-state index contributed by atoms with van der Waals surface area (Å²) in [6.07, 6.45) is 11.0. The first-order chi connectivity index (χ1) is 12.9. The average molecular weight is 369 g/mol. The van der Waals surface area contributed by atoms with Gasteiger partial charge in [0.1, 0.15) is 5.75 Å². The standard InChI is InChI=1S/C26H40O/c1-8-10-11-12-21-16-23(20(6)9-2)26(25(17-21)27-7)24-15-19(5)13-14-22(24)18(3)4/h15-17,20,22,24H,3,8-14H2,1-2,4-7H3. The Morgan fingerprint density at radius 2 is 2.00 bits per heavy atom. The molecule has 1 nitrogen and oxygen atoms in total. The maximum atomic E-state index is 5.99. The van der Waals surface area contributed by atoms with Crippen LogP contribution in [0, 0.1) is 5.92 Å². The minimum absolute atomic E-state index is 0.389. The molecule has 0 amide bonds. The monoisotopic (exact) mass is 368 g/mol. The van der Waals surface area contributed by atoms with E-state index in [1.165, 1.54) is 59.9 Å². The number of rotatable bonds is 9. The van der Waals surface area contributed by atoms with E-state index in [2.05, 4.69) is 59.4 Å². The highest BCUT2D eigenvalue weighted by Gasteiger charge is 2.31. The molecule has 0 aliphatic heterocycles. The van der Waals surface area contributed by atoms with Gasteiger partial charge in [0, 0.05) is 11.5 Å². The van der Waals surface area contributed by atoms with Crippen LogP contribution >= 0.6 is 0 Å². The van der Waals surface area contributed by atoms with Gasteiger partial charge in [0.25, 0.3) is 0 Å². The summed E-state index contributed by atoms with van der Waals surface area (Å²) in [5.74, 6) is 2.53. The van der Waals surface area contributed by atoms with E-state index in [1.807, 2.05) is 7.11 Å². The van der Waals surface area contributed by atoms with Gasteiger partial charge in [0.05, 0.1) is 7.11 Å². The normalized spacial score (nSPS) is 20.9. The molecule has 2 rings (SSSR count). The van der Waals surface area contributed by atoms with Gasteiger partial charge in [-0.05, 0) is 75.0 Å². The summed E-state index contributed by atoms with van der Waals surface area (Å²) in [5, 5.41) is 0. The van der Waals surface area contributed by atoms with E-state index in [0.717, 1.165) is 18.6 Å². The minimum atomic E-state index is 0.389. The van der Waals surface area contributed by atoms with Crippen molar-refractivity contribution >= 4 is 0 Å². The Morgan fingerprint density at radius 1 is 1.26 bits per heavy atom. The molecular weight excluding hydrogens is 328 g/mol. The highest BCUT2D eigenvalue weighted by Crippen LogP contribution is 2.46. The molecule has 0 N–H and O–H groups in total. The number of aryl methyl sites for hydroxylation is 1. The van der Waals surface area contributed by atoms with Gasteiger partial charge in [-0.2, -0.15) is 0 Å². The lowest BCUT2D eigenvalue weighted by Gasteiger charge is -2.34. The van der Waals surface area contributed by atoms with Crippen molar-refractivity contribution in [3.05, 3.63) is 52.6 Å². The zero-order valence-corrected chi connectivity index (χ0v) is 18.5. The van der Waals surface area contributed by atoms with Crippen LogP contribution in [0.4, 0.5) is 0 Å². The molecule has 3 unspecified atom stereocenters. The Kier molecular flexibility index (Phi) is 8.20. The molecule has 1 aliphatic rings. The molecule has 0 aromatic heterocycles. The van der Waals surface area contributed by atoms with Crippen molar-refractivity contribution in [2.45, 2.75) is 91.4 Å². The molecule has 0 heterocycles. The number of methoxy groups -OCH3 is 1. The lowest BCUT2D eigenvalue weighted by atomic mass is 9.71. The smallest absolute Gasteiger partial charge is 0.123 e. The van der Waals surface area contributed by atoms with Gasteiger partial charge >= 0.3 is 0 Å². The fourth-order valence-electron chi connectivity index (χ4n) is 4.49. The Hall–Kier alpha value is -1.50. The summed E-state index contributed by atoms with van der Waals surface area (Å²) in [6.45, 7) is 15.7. The van der Waals surface area contributed by atoms with E-state index in [4.69, 9.17) is 4.74 Å². The summed E-state index contributed by atoms with van der Waals surface area (Å²) in [5.41, 5.74) is 7.14. The van der Waals surface area contributed by atoms with E-state index >= 15 is 0 Å². The molecule has 0 saturated heterocycles. The molecule has 0 fully saturated rings. The minimum Gasteiger partial charge on any atom is -0.496 e. The number of hydrogen-bond donors (Lipinski definition) is 0. The number of benzene rings is 1. The first-order valence-corrected chi connectivity index (χ1v) is 11.0. The Morgan fingerprint density at radius 3 is 2.59 bits per heavy atom. The number of ether oxygens (including phenoxy) is 1. The van der Waals surface area contributed by atoms with Crippen molar-refractivity contribution < 1.29 is 4.74 Å². The molecule has 27 heavy (non-hydrogen) atoms. The van der Waals surface area contributed by atoms with E-state index < -0.39 is 0 Å². The van der Waals surface area contributed by atoms with E-state index in [-0.39, 0.29) is 0 Å². The Labute approximate surface area is 167 Å². The maximum Gasteiger partial charge on any atom is 0.123 e. The lowest BCUT2D eigenvalue weighted by molar-refractivity contribution is 0.393. The average Bonchev–Trinajstić information content (AvgIpc) is 2.66. The molecule has 1 aromatic rings. The van der Waals surface area contributed by atoms with E-state index in [9.17, 15) is 0 Å². The molecule has 0 bridgehead atoms. The van der Waals surface area contributed by atoms with Gasteiger partial charge in [0.15, 0.2) is 0 Å².